The van der Waals surface area contributed by atoms with Crippen molar-refractivity contribution in [3.05, 3.63) is 102 Å². The van der Waals surface area contributed by atoms with Crippen LogP contribution in [0.25, 0.3) is 16.5 Å². The number of nitrogens with zero attached hydrogens (tertiary/aromatic N) is 4. The summed E-state index contributed by atoms with van der Waals surface area (Å²) in [5.74, 6) is -0.658. The summed E-state index contributed by atoms with van der Waals surface area (Å²) >= 11 is 0. The minimum absolute atomic E-state index is 0.0630. The molecule has 0 unspecified atom stereocenters. The molecule has 2 aromatic carbocycles. The van der Waals surface area contributed by atoms with E-state index in [0.29, 0.717) is 37.4 Å². The van der Waals surface area contributed by atoms with E-state index in [4.69, 9.17) is 4.74 Å². The van der Waals surface area contributed by atoms with Crippen LogP contribution in [0.5, 0.6) is 5.88 Å². The molecule has 1 saturated heterocycles. The number of hydrogen-bond donors (Lipinski definition) is 1. The van der Waals surface area contributed by atoms with Crippen LogP contribution in [-0.2, 0) is 10.0 Å². The number of aromatic nitrogens is 2. The lowest BCUT2D eigenvalue weighted by Gasteiger charge is -2.36. The first kappa shape index (κ1) is 27.4. The molecule has 0 bridgehead atoms. The predicted molar refractivity (Wildman–Crippen MR) is 160 cm³/mol. The van der Waals surface area contributed by atoms with E-state index in [1.54, 1.807) is 36.3 Å². The lowest BCUT2D eigenvalue weighted by Crippen LogP contribution is -2.49. The monoisotopic (exact) mass is 585 g/mol. The van der Waals surface area contributed by atoms with Gasteiger partial charge in [-0.2, -0.15) is 0 Å². The van der Waals surface area contributed by atoms with Crippen LogP contribution in [0.3, 0.4) is 0 Å². The van der Waals surface area contributed by atoms with Crippen LogP contribution in [0.4, 0.5) is 15.8 Å². The Labute approximate surface area is 243 Å². The Balaban J connectivity index is 1.13. The number of piperazine rings is 1. The molecule has 1 amide bonds. The molecular formula is C31H28FN5O4S. The second-order valence-corrected chi connectivity index (χ2v) is 11.6. The third kappa shape index (κ3) is 5.30. The number of methoxy groups -OCH3 is 1. The number of nitrogens with one attached hydrogen (secondary N) is 1. The van der Waals surface area contributed by atoms with Crippen molar-refractivity contribution in [3.63, 3.8) is 0 Å². The Morgan fingerprint density at radius 1 is 1.02 bits per heavy atom. The number of halogens is 1. The van der Waals surface area contributed by atoms with E-state index >= 15 is 4.39 Å². The van der Waals surface area contributed by atoms with Gasteiger partial charge in [-0.15, -0.1) is 0 Å². The van der Waals surface area contributed by atoms with Crippen molar-refractivity contribution in [2.24, 2.45) is 0 Å². The zero-order valence-electron chi connectivity index (χ0n) is 22.8. The number of benzene rings is 2. The molecule has 6 rings (SSSR count). The van der Waals surface area contributed by atoms with Crippen LogP contribution in [0, 0.1) is 5.82 Å². The fourth-order valence-electron chi connectivity index (χ4n) is 5.19. The number of rotatable bonds is 7. The molecule has 9 nitrogen and oxygen atoms in total. The molecule has 0 spiro atoms. The van der Waals surface area contributed by atoms with Crippen molar-refractivity contribution in [1.29, 1.82) is 0 Å². The first-order chi connectivity index (χ1) is 20.3. The summed E-state index contributed by atoms with van der Waals surface area (Å²) in [5.41, 5.74) is 2.92. The highest BCUT2D eigenvalue weighted by Gasteiger charge is 2.26. The molecule has 2 aliphatic rings. The zero-order chi connectivity index (χ0) is 29.3. The molecule has 1 fully saturated rings. The van der Waals surface area contributed by atoms with E-state index in [1.807, 2.05) is 18.2 Å². The van der Waals surface area contributed by atoms with Gasteiger partial charge in [0.25, 0.3) is 15.9 Å². The number of fused-ring (bicyclic) bond motifs is 1. The van der Waals surface area contributed by atoms with Gasteiger partial charge in [0.1, 0.15) is 16.4 Å². The summed E-state index contributed by atoms with van der Waals surface area (Å²) < 4.78 is 49.2. The Bertz CT molecular complexity index is 1840. The molecule has 1 aliphatic carbocycles. The van der Waals surface area contributed by atoms with Gasteiger partial charge in [-0.25, -0.2) is 17.8 Å². The number of sulfonamides is 1. The van der Waals surface area contributed by atoms with Gasteiger partial charge in [0.2, 0.25) is 5.88 Å². The standard InChI is InChI=1S/C31H28FN5O4S/c1-41-30-27(14-13-25(34-30)21-6-2-3-7-21)36-16-18-37(19-17-36)31(38)23-11-12-26(24(32)20-23)35-42(39,40)28-10-4-8-22-9-5-15-33-29(22)28/h2,4-15,20,35H,3,16-19H2,1H3. The first-order valence-corrected chi connectivity index (χ1v) is 14.9. The minimum Gasteiger partial charge on any atom is -0.480 e. The molecule has 11 heteroatoms. The summed E-state index contributed by atoms with van der Waals surface area (Å²) in [5, 5.41) is 0.646. The van der Waals surface area contributed by atoms with Crippen LogP contribution in [-0.4, -0.2) is 62.5 Å². The molecule has 1 N–H and O–H groups in total. The maximum Gasteiger partial charge on any atom is 0.264 e. The van der Waals surface area contributed by atoms with Crippen LogP contribution in [0.1, 0.15) is 22.5 Å². The number of ether oxygens (including phenoxy) is 1. The maximum atomic E-state index is 15.1. The zero-order valence-corrected chi connectivity index (χ0v) is 23.6. The van der Waals surface area contributed by atoms with Crippen LogP contribution in [0.15, 0.2) is 90.0 Å². The van der Waals surface area contributed by atoms with E-state index in [1.165, 1.54) is 24.4 Å². The number of anilines is 2. The molecule has 42 heavy (non-hydrogen) atoms. The van der Waals surface area contributed by atoms with Gasteiger partial charge >= 0.3 is 0 Å². The smallest absolute Gasteiger partial charge is 0.264 e. The minimum atomic E-state index is -4.14. The molecule has 0 radical (unpaired) electrons. The summed E-state index contributed by atoms with van der Waals surface area (Å²) in [4.78, 5) is 25.8. The molecule has 2 aromatic heterocycles. The molecular weight excluding hydrogens is 557 g/mol. The molecule has 4 aromatic rings. The Morgan fingerprint density at radius 3 is 2.57 bits per heavy atom. The van der Waals surface area contributed by atoms with Crippen LogP contribution < -0.4 is 14.4 Å². The van der Waals surface area contributed by atoms with Gasteiger partial charge < -0.3 is 14.5 Å². The Morgan fingerprint density at radius 2 is 1.83 bits per heavy atom. The Hall–Kier alpha value is -4.77. The van der Waals surface area contributed by atoms with Gasteiger partial charge in [0.05, 0.1) is 24.0 Å². The van der Waals surface area contributed by atoms with E-state index in [2.05, 4.69) is 31.7 Å². The number of amides is 1. The van der Waals surface area contributed by atoms with E-state index in [-0.39, 0.29) is 27.6 Å². The normalized spacial score (nSPS) is 15.1. The van der Waals surface area contributed by atoms with Crippen molar-refractivity contribution >= 4 is 43.8 Å². The average molecular weight is 586 g/mol. The van der Waals surface area contributed by atoms with Crippen molar-refractivity contribution in [1.82, 2.24) is 14.9 Å². The lowest BCUT2D eigenvalue weighted by molar-refractivity contribution is 0.0746. The number of allylic oxidation sites excluding steroid dienone is 4. The van der Waals surface area contributed by atoms with Gasteiger partial charge in [0, 0.05) is 43.3 Å². The fourth-order valence-corrected chi connectivity index (χ4v) is 6.44. The molecule has 214 valence electrons. The van der Waals surface area contributed by atoms with Crippen molar-refractivity contribution in [2.45, 2.75) is 11.3 Å². The van der Waals surface area contributed by atoms with Gasteiger partial charge in [0.15, 0.2) is 0 Å². The summed E-state index contributed by atoms with van der Waals surface area (Å²) in [6, 6.07) is 15.9. The van der Waals surface area contributed by atoms with E-state index < -0.39 is 15.8 Å². The lowest BCUT2D eigenvalue weighted by atomic mass is 10.1. The third-order valence-electron chi connectivity index (χ3n) is 7.35. The fraction of sp³-hybridized carbons (Fsp3) is 0.194. The summed E-state index contributed by atoms with van der Waals surface area (Å²) in [6.07, 6.45) is 8.62. The third-order valence-corrected chi connectivity index (χ3v) is 8.75. The second kappa shape index (κ2) is 11.2. The maximum absolute atomic E-state index is 15.1. The number of carbonyl (C=O) groups excluding carboxylic acids is 1. The highest BCUT2D eigenvalue weighted by atomic mass is 32.2. The molecule has 1 aliphatic heterocycles. The molecule has 0 atom stereocenters. The largest absolute Gasteiger partial charge is 0.480 e. The highest BCUT2D eigenvalue weighted by molar-refractivity contribution is 7.93. The predicted octanol–water partition coefficient (Wildman–Crippen LogP) is 4.88. The summed E-state index contributed by atoms with van der Waals surface area (Å²) in [6.45, 7) is 1.93. The first-order valence-electron chi connectivity index (χ1n) is 13.5. The van der Waals surface area contributed by atoms with Crippen molar-refractivity contribution in [3.8, 4) is 5.88 Å². The quantitative estimate of drug-likeness (QED) is 0.330. The van der Waals surface area contributed by atoms with Gasteiger partial charge in [-0.1, -0.05) is 36.4 Å². The van der Waals surface area contributed by atoms with E-state index in [9.17, 15) is 13.2 Å². The Kier molecular flexibility index (Phi) is 7.34. The SMILES string of the molecule is COc1nc(C2=CCC=C2)ccc1N1CCN(C(=O)c2ccc(NS(=O)(=O)c3cccc4cccnc34)c(F)c2)CC1. The average Bonchev–Trinajstić information content (AvgIpc) is 3.56. The van der Waals surface area contributed by atoms with Gasteiger partial charge in [-0.3, -0.25) is 14.5 Å². The van der Waals surface area contributed by atoms with Crippen LogP contribution >= 0.6 is 0 Å². The van der Waals surface area contributed by atoms with Gasteiger partial charge in [-0.05, 0) is 54.5 Å². The van der Waals surface area contributed by atoms with E-state index in [0.717, 1.165) is 29.4 Å². The topological polar surface area (TPSA) is 105 Å². The summed E-state index contributed by atoms with van der Waals surface area (Å²) in [7, 11) is -2.55. The molecule has 0 saturated carbocycles. The second-order valence-electron chi connectivity index (χ2n) is 9.93. The number of para-hydroxylation sites is 1. The van der Waals surface area contributed by atoms with Crippen LogP contribution in [0.2, 0.25) is 0 Å². The number of carbonyl (C=O) groups is 1. The number of pyridine rings is 2. The number of hydrogen-bond acceptors (Lipinski definition) is 7. The highest BCUT2D eigenvalue weighted by Crippen LogP contribution is 2.31. The van der Waals surface area contributed by atoms with Crippen molar-refractivity contribution < 1.29 is 22.3 Å². The van der Waals surface area contributed by atoms with Crippen molar-refractivity contribution in [2.75, 3.05) is 42.9 Å². The molecule has 3 heterocycles.